The molecule has 2 rings (SSSR count). The summed E-state index contributed by atoms with van der Waals surface area (Å²) in [7, 11) is 1.70. The standard InChI is InChI=1S/C16H25NO4/c1-11(2)17-9-13-7-15-16(20-10-19-15)8-14(13)21-12(3)5-6-18-4/h7-8,11-12,17H,5-6,9-10H2,1-4H3. The number of rotatable bonds is 8. The van der Waals surface area contributed by atoms with Crippen LogP contribution in [-0.2, 0) is 11.3 Å². The fraction of sp³-hybridized carbons (Fsp3) is 0.625. The molecule has 1 heterocycles. The molecule has 0 saturated heterocycles. The van der Waals surface area contributed by atoms with Gasteiger partial charge in [0.05, 0.1) is 6.10 Å². The van der Waals surface area contributed by atoms with Crippen LogP contribution in [0.1, 0.15) is 32.8 Å². The third-order valence-electron chi connectivity index (χ3n) is 3.31. The van der Waals surface area contributed by atoms with Gasteiger partial charge in [0.25, 0.3) is 0 Å². The smallest absolute Gasteiger partial charge is 0.231 e. The Kier molecular flexibility index (Phi) is 5.70. The Morgan fingerprint density at radius 2 is 1.90 bits per heavy atom. The van der Waals surface area contributed by atoms with E-state index in [1.54, 1.807) is 7.11 Å². The van der Waals surface area contributed by atoms with E-state index >= 15 is 0 Å². The summed E-state index contributed by atoms with van der Waals surface area (Å²) in [4.78, 5) is 0. The van der Waals surface area contributed by atoms with Gasteiger partial charge in [0.2, 0.25) is 6.79 Å². The lowest BCUT2D eigenvalue weighted by Gasteiger charge is -2.19. The Balaban J connectivity index is 2.12. The van der Waals surface area contributed by atoms with E-state index in [-0.39, 0.29) is 12.9 Å². The Morgan fingerprint density at radius 3 is 2.57 bits per heavy atom. The van der Waals surface area contributed by atoms with E-state index in [9.17, 15) is 0 Å². The van der Waals surface area contributed by atoms with Gasteiger partial charge < -0.3 is 24.3 Å². The van der Waals surface area contributed by atoms with E-state index in [1.165, 1.54) is 0 Å². The van der Waals surface area contributed by atoms with Crippen LogP contribution in [0.25, 0.3) is 0 Å². The zero-order valence-electron chi connectivity index (χ0n) is 13.3. The van der Waals surface area contributed by atoms with Gasteiger partial charge in [-0.2, -0.15) is 0 Å². The van der Waals surface area contributed by atoms with Crippen molar-refractivity contribution in [1.82, 2.24) is 5.32 Å². The molecule has 0 aromatic heterocycles. The van der Waals surface area contributed by atoms with Crippen molar-refractivity contribution in [2.24, 2.45) is 0 Å². The van der Waals surface area contributed by atoms with Crippen LogP contribution in [0.3, 0.4) is 0 Å². The summed E-state index contributed by atoms with van der Waals surface area (Å²) in [5.74, 6) is 2.38. The summed E-state index contributed by atoms with van der Waals surface area (Å²) in [5, 5.41) is 3.41. The minimum Gasteiger partial charge on any atom is -0.490 e. The number of fused-ring (bicyclic) bond motifs is 1. The molecule has 0 saturated carbocycles. The molecule has 1 N–H and O–H groups in total. The maximum atomic E-state index is 6.05. The zero-order valence-corrected chi connectivity index (χ0v) is 13.3. The minimum atomic E-state index is 0.0862. The van der Waals surface area contributed by atoms with E-state index in [4.69, 9.17) is 18.9 Å². The van der Waals surface area contributed by atoms with Crippen LogP contribution in [0.2, 0.25) is 0 Å². The van der Waals surface area contributed by atoms with Gasteiger partial charge in [-0.1, -0.05) is 13.8 Å². The first-order valence-electron chi connectivity index (χ1n) is 7.41. The van der Waals surface area contributed by atoms with Crippen molar-refractivity contribution in [3.8, 4) is 17.2 Å². The van der Waals surface area contributed by atoms with Crippen molar-refractivity contribution < 1.29 is 18.9 Å². The van der Waals surface area contributed by atoms with Gasteiger partial charge in [-0.15, -0.1) is 0 Å². The fourth-order valence-electron chi connectivity index (χ4n) is 2.09. The van der Waals surface area contributed by atoms with Crippen molar-refractivity contribution in [2.75, 3.05) is 20.5 Å². The molecule has 0 aliphatic carbocycles. The van der Waals surface area contributed by atoms with E-state index < -0.39 is 0 Å². The topological polar surface area (TPSA) is 49.0 Å². The number of ether oxygens (including phenoxy) is 4. The minimum absolute atomic E-state index is 0.0862. The molecule has 0 spiro atoms. The number of methoxy groups -OCH3 is 1. The Bertz CT molecular complexity index is 462. The van der Waals surface area contributed by atoms with Crippen LogP contribution in [0, 0.1) is 0 Å². The molecule has 5 heteroatoms. The zero-order chi connectivity index (χ0) is 15.2. The van der Waals surface area contributed by atoms with Crippen molar-refractivity contribution in [3.05, 3.63) is 17.7 Å². The summed E-state index contributed by atoms with van der Waals surface area (Å²) in [6.07, 6.45) is 0.935. The number of hydrogen-bond acceptors (Lipinski definition) is 5. The Morgan fingerprint density at radius 1 is 1.19 bits per heavy atom. The lowest BCUT2D eigenvalue weighted by molar-refractivity contribution is 0.134. The molecule has 118 valence electrons. The van der Waals surface area contributed by atoms with Crippen LogP contribution < -0.4 is 19.5 Å². The fourth-order valence-corrected chi connectivity index (χ4v) is 2.09. The van der Waals surface area contributed by atoms with Gasteiger partial charge in [-0.05, 0) is 13.0 Å². The van der Waals surface area contributed by atoms with Crippen molar-refractivity contribution in [1.29, 1.82) is 0 Å². The predicted molar refractivity (Wildman–Crippen MR) is 81.1 cm³/mol. The molecule has 21 heavy (non-hydrogen) atoms. The SMILES string of the molecule is COCCC(C)Oc1cc2c(cc1CNC(C)C)OCO2. The quantitative estimate of drug-likeness (QED) is 0.799. The molecular formula is C16H25NO4. The van der Waals surface area contributed by atoms with E-state index in [2.05, 4.69) is 19.2 Å². The molecule has 1 atom stereocenters. The third-order valence-corrected chi connectivity index (χ3v) is 3.31. The van der Waals surface area contributed by atoms with E-state index in [0.717, 1.165) is 35.8 Å². The van der Waals surface area contributed by atoms with Gasteiger partial charge in [-0.3, -0.25) is 0 Å². The Labute approximate surface area is 126 Å². The molecule has 1 aromatic carbocycles. The van der Waals surface area contributed by atoms with Crippen LogP contribution in [-0.4, -0.2) is 32.7 Å². The van der Waals surface area contributed by atoms with Gasteiger partial charge in [-0.25, -0.2) is 0 Å². The molecule has 5 nitrogen and oxygen atoms in total. The summed E-state index contributed by atoms with van der Waals surface area (Å²) in [5.41, 5.74) is 1.08. The number of nitrogens with one attached hydrogen (secondary N) is 1. The highest BCUT2D eigenvalue weighted by atomic mass is 16.7. The second kappa shape index (κ2) is 7.52. The van der Waals surface area contributed by atoms with Crippen LogP contribution in [0.15, 0.2) is 12.1 Å². The molecule has 1 aliphatic rings. The summed E-state index contributed by atoms with van der Waals surface area (Å²) >= 11 is 0. The second-order valence-electron chi connectivity index (χ2n) is 5.56. The molecule has 0 bridgehead atoms. The lowest BCUT2D eigenvalue weighted by Crippen LogP contribution is -2.23. The Hall–Kier alpha value is -1.46. The molecule has 0 amide bonds. The average molecular weight is 295 g/mol. The first-order chi connectivity index (χ1) is 10.1. The van der Waals surface area contributed by atoms with Crippen molar-refractivity contribution in [2.45, 2.75) is 45.9 Å². The van der Waals surface area contributed by atoms with Gasteiger partial charge >= 0.3 is 0 Å². The summed E-state index contributed by atoms with van der Waals surface area (Å²) in [6, 6.07) is 4.33. The van der Waals surface area contributed by atoms with Crippen LogP contribution in [0.4, 0.5) is 0 Å². The van der Waals surface area contributed by atoms with Crippen LogP contribution >= 0.6 is 0 Å². The predicted octanol–water partition coefficient (Wildman–Crippen LogP) is 2.72. The molecule has 1 aromatic rings. The number of hydrogen-bond donors (Lipinski definition) is 1. The molecule has 1 unspecified atom stereocenters. The monoisotopic (exact) mass is 295 g/mol. The largest absolute Gasteiger partial charge is 0.490 e. The van der Waals surface area contributed by atoms with Gasteiger partial charge in [0.15, 0.2) is 11.5 Å². The third kappa shape index (κ3) is 4.51. The highest BCUT2D eigenvalue weighted by molar-refractivity contribution is 5.51. The first-order valence-corrected chi connectivity index (χ1v) is 7.41. The van der Waals surface area contributed by atoms with E-state index in [1.807, 2.05) is 19.1 Å². The van der Waals surface area contributed by atoms with Gasteiger partial charge in [0, 0.05) is 44.4 Å². The summed E-state index contributed by atoms with van der Waals surface area (Å²) in [6.45, 7) is 7.98. The first kappa shape index (κ1) is 15.9. The van der Waals surface area contributed by atoms with E-state index in [0.29, 0.717) is 12.6 Å². The highest BCUT2D eigenvalue weighted by Crippen LogP contribution is 2.38. The molecular weight excluding hydrogens is 270 g/mol. The van der Waals surface area contributed by atoms with Crippen LogP contribution in [0.5, 0.6) is 17.2 Å². The molecule has 0 radical (unpaired) electrons. The molecule has 1 aliphatic heterocycles. The van der Waals surface area contributed by atoms with Crippen molar-refractivity contribution in [3.63, 3.8) is 0 Å². The molecule has 0 fully saturated rings. The normalized spacial score (nSPS) is 14.5. The highest BCUT2D eigenvalue weighted by Gasteiger charge is 2.19. The number of benzene rings is 1. The van der Waals surface area contributed by atoms with Crippen molar-refractivity contribution >= 4 is 0 Å². The maximum Gasteiger partial charge on any atom is 0.231 e. The maximum absolute atomic E-state index is 6.05. The summed E-state index contributed by atoms with van der Waals surface area (Å²) < 4.78 is 22.0. The lowest BCUT2D eigenvalue weighted by atomic mass is 10.1. The average Bonchev–Trinajstić information content (AvgIpc) is 2.89. The second-order valence-corrected chi connectivity index (χ2v) is 5.56. The van der Waals surface area contributed by atoms with Gasteiger partial charge in [0.1, 0.15) is 5.75 Å².